The number of guanidine groups is 1. The fourth-order valence-electron chi connectivity index (χ4n) is 1.91. The van der Waals surface area contributed by atoms with Gasteiger partial charge in [-0.15, -0.1) is 47.1 Å². The van der Waals surface area contributed by atoms with E-state index in [0.717, 1.165) is 29.0 Å². The topological polar surface area (TPSA) is 49.3 Å². The highest BCUT2D eigenvalue weighted by Crippen LogP contribution is 2.17. The first-order valence-corrected chi connectivity index (χ1v) is 9.62. The van der Waals surface area contributed by atoms with Crippen molar-refractivity contribution in [3.8, 4) is 0 Å². The molecule has 0 unspecified atom stereocenters. The first-order valence-electron chi connectivity index (χ1n) is 7.75. The summed E-state index contributed by atoms with van der Waals surface area (Å²) >= 11 is 3.53. The van der Waals surface area contributed by atoms with E-state index >= 15 is 0 Å². The average molecular weight is 476 g/mol. The summed E-state index contributed by atoms with van der Waals surface area (Å²) in [5.41, 5.74) is 1.16. The normalized spacial score (nSPS) is 11.2. The molecule has 0 atom stereocenters. The van der Waals surface area contributed by atoms with Crippen molar-refractivity contribution in [3.05, 3.63) is 46.4 Å². The minimum atomic E-state index is 0. The van der Waals surface area contributed by atoms with Crippen molar-refractivity contribution in [3.63, 3.8) is 0 Å². The minimum Gasteiger partial charge on any atom is -0.356 e. The molecule has 132 valence electrons. The molecular formula is C17H25IN4S2. The second-order valence-electron chi connectivity index (χ2n) is 5.33. The molecule has 1 aromatic heterocycles. The summed E-state index contributed by atoms with van der Waals surface area (Å²) in [6.07, 6.45) is 0. The van der Waals surface area contributed by atoms with E-state index in [9.17, 15) is 0 Å². The summed E-state index contributed by atoms with van der Waals surface area (Å²) in [7, 11) is 1.79. The number of benzene rings is 1. The molecule has 1 heterocycles. The third-order valence-corrected chi connectivity index (χ3v) is 5.08. The Morgan fingerprint density at radius 1 is 1.25 bits per heavy atom. The van der Waals surface area contributed by atoms with E-state index in [-0.39, 0.29) is 24.0 Å². The third-order valence-electron chi connectivity index (χ3n) is 3.20. The zero-order chi connectivity index (χ0) is 16.5. The van der Waals surface area contributed by atoms with E-state index in [1.165, 1.54) is 4.90 Å². The Morgan fingerprint density at radius 2 is 2.00 bits per heavy atom. The number of hydrogen-bond donors (Lipinski definition) is 2. The molecule has 0 aliphatic heterocycles. The number of nitrogens with zero attached hydrogens (tertiary/aromatic N) is 2. The number of halogens is 1. The maximum absolute atomic E-state index is 4.62. The predicted molar refractivity (Wildman–Crippen MR) is 117 cm³/mol. The van der Waals surface area contributed by atoms with Crippen LogP contribution in [0.1, 0.15) is 30.5 Å². The van der Waals surface area contributed by atoms with Crippen LogP contribution in [0.25, 0.3) is 0 Å². The van der Waals surface area contributed by atoms with Crippen LogP contribution < -0.4 is 10.6 Å². The van der Waals surface area contributed by atoms with Crippen LogP contribution in [-0.4, -0.2) is 30.3 Å². The number of aliphatic imine (C=N–C) groups is 1. The van der Waals surface area contributed by atoms with Gasteiger partial charge in [0.1, 0.15) is 5.01 Å². The standard InChI is InChI=1S/C17H24N4S2.HI/c1-13(2)15-12-23-16(21-15)11-20-17(18-3)19-9-10-22-14-7-5-4-6-8-14;/h4-8,12-13H,9-11H2,1-3H3,(H2,18,19,20);1H. The third kappa shape index (κ3) is 7.40. The van der Waals surface area contributed by atoms with Crippen molar-refractivity contribution in [2.24, 2.45) is 4.99 Å². The van der Waals surface area contributed by atoms with Gasteiger partial charge in [0, 0.05) is 29.6 Å². The number of rotatable bonds is 7. The lowest BCUT2D eigenvalue weighted by Crippen LogP contribution is -2.37. The Hall–Kier alpha value is -0.800. The van der Waals surface area contributed by atoms with Gasteiger partial charge in [-0.1, -0.05) is 32.0 Å². The average Bonchev–Trinajstić information content (AvgIpc) is 3.04. The highest BCUT2D eigenvalue weighted by atomic mass is 127. The number of aromatic nitrogens is 1. The van der Waals surface area contributed by atoms with Crippen molar-refractivity contribution in [1.82, 2.24) is 15.6 Å². The summed E-state index contributed by atoms with van der Waals surface area (Å²) in [6, 6.07) is 10.4. The monoisotopic (exact) mass is 476 g/mol. The molecule has 1 aromatic carbocycles. The maximum Gasteiger partial charge on any atom is 0.191 e. The molecule has 0 bridgehead atoms. The first kappa shape index (κ1) is 21.2. The highest BCUT2D eigenvalue weighted by Gasteiger charge is 2.06. The number of nitrogens with one attached hydrogen (secondary N) is 2. The molecule has 4 nitrogen and oxygen atoms in total. The Bertz CT molecular complexity index is 614. The van der Waals surface area contributed by atoms with Gasteiger partial charge in [0.05, 0.1) is 12.2 Å². The van der Waals surface area contributed by atoms with Crippen molar-refractivity contribution >= 4 is 53.0 Å². The molecule has 0 radical (unpaired) electrons. The van der Waals surface area contributed by atoms with Crippen molar-refractivity contribution in [2.75, 3.05) is 19.3 Å². The molecule has 2 N–H and O–H groups in total. The predicted octanol–water partition coefficient (Wildman–Crippen LogP) is 4.34. The summed E-state index contributed by atoms with van der Waals surface area (Å²) in [4.78, 5) is 10.2. The lowest BCUT2D eigenvalue weighted by Gasteiger charge is -2.10. The van der Waals surface area contributed by atoms with Gasteiger partial charge in [-0.25, -0.2) is 4.98 Å². The van der Waals surface area contributed by atoms with Gasteiger partial charge < -0.3 is 10.6 Å². The summed E-state index contributed by atoms with van der Waals surface area (Å²) in [5, 5.41) is 9.87. The zero-order valence-electron chi connectivity index (χ0n) is 14.3. The van der Waals surface area contributed by atoms with Crippen LogP contribution in [0.5, 0.6) is 0 Å². The molecule has 0 aliphatic carbocycles. The van der Waals surface area contributed by atoms with E-state index in [2.05, 4.69) is 64.1 Å². The van der Waals surface area contributed by atoms with Gasteiger partial charge in [0.25, 0.3) is 0 Å². The molecule has 0 spiro atoms. The summed E-state index contributed by atoms with van der Waals surface area (Å²) < 4.78 is 0. The molecule has 0 amide bonds. The van der Waals surface area contributed by atoms with Gasteiger partial charge in [0.15, 0.2) is 5.96 Å². The molecule has 2 aromatic rings. The van der Waals surface area contributed by atoms with Gasteiger partial charge >= 0.3 is 0 Å². The second kappa shape index (κ2) is 11.7. The van der Waals surface area contributed by atoms with E-state index in [4.69, 9.17) is 0 Å². The fourth-order valence-corrected chi connectivity index (χ4v) is 3.59. The summed E-state index contributed by atoms with van der Waals surface area (Å²) in [5.74, 6) is 2.30. The van der Waals surface area contributed by atoms with Crippen molar-refractivity contribution < 1.29 is 0 Å². The molecule has 2 rings (SSSR count). The van der Waals surface area contributed by atoms with Gasteiger partial charge in [-0.3, -0.25) is 4.99 Å². The fraction of sp³-hybridized carbons (Fsp3) is 0.412. The first-order chi connectivity index (χ1) is 11.2. The molecule has 24 heavy (non-hydrogen) atoms. The quantitative estimate of drug-likeness (QED) is 0.205. The number of thiazole rings is 1. The van der Waals surface area contributed by atoms with Crippen LogP contribution in [-0.2, 0) is 6.54 Å². The molecular weight excluding hydrogens is 451 g/mol. The SMILES string of the molecule is CN=C(NCCSc1ccccc1)NCc1nc(C(C)C)cs1.I. The van der Waals surface area contributed by atoms with Gasteiger partial charge in [-0.05, 0) is 18.1 Å². The van der Waals surface area contributed by atoms with E-state index < -0.39 is 0 Å². The van der Waals surface area contributed by atoms with E-state index in [1.54, 1.807) is 18.4 Å². The van der Waals surface area contributed by atoms with E-state index in [0.29, 0.717) is 12.5 Å². The highest BCUT2D eigenvalue weighted by molar-refractivity contribution is 14.0. The van der Waals surface area contributed by atoms with Crippen LogP contribution in [0.4, 0.5) is 0 Å². The summed E-state index contributed by atoms with van der Waals surface area (Å²) in [6.45, 7) is 5.91. The smallest absolute Gasteiger partial charge is 0.191 e. The lowest BCUT2D eigenvalue weighted by molar-refractivity contribution is 0.794. The minimum absolute atomic E-state index is 0. The van der Waals surface area contributed by atoms with Crippen LogP contribution in [0, 0.1) is 0 Å². The molecule has 0 fully saturated rings. The Kier molecular flexibility index (Phi) is 10.4. The van der Waals surface area contributed by atoms with Crippen LogP contribution in [0.15, 0.2) is 45.6 Å². The van der Waals surface area contributed by atoms with Crippen molar-refractivity contribution in [2.45, 2.75) is 31.2 Å². The van der Waals surface area contributed by atoms with Crippen LogP contribution >= 0.6 is 47.1 Å². The van der Waals surface area contributed by atoms with Crippen molar-refractivity contribution in [1.29, 1.82) is 0 Å². The largest absolute Gasteiger partial charge is 0.356 e. The lowest BCUT2D eigenvalue weighted by atomic mass is 10.2. The zero-order valence-corrected chi connectivity index (χ0v) is 18.2. The Labute approximate surface area is 170 Å². The Balaban J connectivity index is 0.00000288. The molecule has 0 saturated carbocycles. The maximum atomic E-state index is 4.62. The second-order valence-corrected chi connectivity index (χ2v) is 7.45. The van der Waals surface area contributed by atoms with Gasteiger partial charge in [0.2, 0.25) is 0 Å². The molecule has 0 saturated heterocycles. The molecule has 7 heteroatoms. The Morgan fingerprint density at radius 3 is 2.62 bits per heavy atom. The van der Waals surface area contributed by atoms with Crippen LogP contribution in [0.2, 0.25) is 0 Å². The number of thioether (sulfide) groups is 1. The molecule has 0 aliphatic rings. The van der Waals surface area contributed by atoms with E-state index in [1.807, 2.05) is 17.8 Å². The van der Waals surface area contributed by atoms with Crippen LogP contribution in [0.3, 0.4) is 0 Å². The van der Waals surface area contributed by atoms with Gasteiger partial charge in [-0.2, -0.15) is 0 Å². The number of hydrogen-bond acceptors (Lipinski definition) is 4.